The highest BCUT2D eigenvalue weighted by Gasteiger charge is 2.19. The summed E-state index contributed by atoms with van der Waals surface area (Å²) in [6, 6.07) is 4.06. The summed E-state index contributed by atoms with van der Waals surface area (Å²) in [5.74, 6) is 0.566. The van der Waals surface area contributed by atoms with E-state index < -0.39 is 4.92 Å². The number of nitrogens with zero attached hydrogens (tertiary/aromatic N) is 2. The third kappa shape index (κ3) is 3.30. The van der Waals surface area contributed by atoms with Gasteiger partial charge in [-0.1, -0.05) is 23.2 Å². The Labute approximate surface area is 129 Å². The molecule has 0 bridgehead atoms. The third-order valence-corrected chi connectivity index (χ3v) is 3.38. The number of benzene rings is 1. The number of hydrogen-bond donors (Lipinski definition) is 0. The number of nitro benzene ring substituents is 1. The molecule has 0 fully saturated rings. The zero-order chi connectivity index (χ0) is 14.7. The van der Waals surface area contributed by atoms with Crippen molar-refractivity contribution in [2.45, 2.75) is 5.88 Å². The molecule has 0 saturated carbocycles. The zero-order valence-electron chi connectivity index (χ0n) is 9.85. The molecule has 0 aliphatic rings. The summed E-state index contributed by atoms with van der Waals surface area (Å²) in [7, 11) is 0. The first-order valence-electron chi connectivity index (χ1n) is 5.32. The van der Waals surface area contributed by atoms with Gasteiger partial charge in [-0.25, -0.2) is 0 Å². The van der Waals surface area contributed by atoms with Crippen molar-refractivity contribution in [1.29, 1.82) is 0 Å². The van der Waals surface area contributed by atoms with Crippen LogP contribution in [0.4, 0.5) is 5.69 Å². The molecule has 20 heavy (non-hydrogen) atoms. The molecule has 2 rings (SSSR count). The van der Waals surface area contributed by atoms with Gasteiger partial charge in [0.05, 0.1) is 21.2 Å². The molecular weight excluding hydrogens is 327 g/mol. The van der Waals surface area contributed by atoms with E-state index in [2.05, 4.69) is 4.98 Å². The number of halogens is 3. The molecule has 0 N–H and O–H groups in total. The monoisotopic (exact) mass is 332 g/mol. The van der Waals surface area contributed by atoms with E-state index in [1.165, 1.54) is 12.3 Å². The Morgan fingerprint density at radius 2 is 1.90 bits per heavy atom. The highest BCUT2D eigenvalue weighted by molar-refractivity contribution is 6.42. The van der Waals surface area contributed by atoms with Crippen LogP contribution in [-0.4, -0.2) is 9.91 Å². The maximum Gasteiger partial charge on any atom is 0.313 e. The molecule has 2 aromatic rings. The van der Waals surface area contributed by atoms with Crippen LogP contribution in [0, 0.1) is 10.1 Å². The Morgan fingerprint density at radius 1 is 1.20 bits per heavy atom. The molecule has 0 saturated heterocycles. The van der Waals surface area contributed by atoms with Crippen molar-refractivity contribution in [3.05, 3.63) is 56.3 Å². The minimum absolute atomic E-state index is 0.0158. The van der Waals surface area contributed by atoms with Crippen molar-refractivity contribution in [1.82, 2.24) is 4.98 Å². The summed E-state index contributed by atoms with van der Waals surface area (Å²) in [6.45, 7) is 0. The van der Waals surface area contributed by atoms with Gasteiger partial charge in [0.2, 0.25) is 5.75 Å². The van der Waals surface area contributed by atoms with Crippen LogP contribution in [-0.2, 0) is 5.88 Å². The Bertz CT molecular complexity index is 664. The number of alkyl halides is 1. The molecule has 0 radical (unpaired) electrons. The normalized spacial score (nSPS) is 10.3. The molecule has 104 valence electrons. The van der Waals surface area contributed by atoms with Gasteiger partial charge in [-0.2, -0.15) is 0 Å². The number of nitro groups is 1. The lowest BCUT2D eigenvalue weighted by molar-refractivity contribution is -0.385. The summed E-state index contributed by atoms with van der Waals surface area (Å²) in [5.41, 5.74) is 0.447. The van der Waals surface area contributed by atoms with E-state index >= 15 is 0 Å². The van der Waals surface area contributed by atoms with Crippen LogP contribution in [0.15, 0.2) is 30.6 Å². The van der Waals surface area contributed by atoms with Crippen molar-refractivity contribution in [2.75, 3.05) is 0 Å². The van der Waals surface area contributed by atoms with E-state index in [0.717, 1.165) is 11.6 Å². The van der Waals surface area contributed by atoms with Crippen LogP contribution in [0.2, 0.25) is 10.0 Å². The molecule has 1 aromatic heterocycles. The van der Waals surface area contributed by atoms with E-state index in [1.54, 1.807) is 12.3 Å². The fourth-order valence-corrected chi connectivity index (χ4v) is 1.92. The molecule has 0 spiro atoms. The topological polar surface area (TPSA) is 65.3 Å². The molecule has 0 atom stereocenters. The van der Waals surface area contributed by atoms with Crippen LogP contribution in [0.3, 0.4) is 0 Å². The van der Waals surface area contributed by atoms with Crippen LogP contribution >= 0.6 is 34.8 Å². The lowest BCUT2D eigenvalue weighted by Gasteiger charge is -2.08. The molecule has 0 aliphatic heterocycles. The first-order chi connectivity index (χ1) is 9.51. The maximum absolute atomic E-state index is 11.0. The van der Waals surface area contributed by atoms with E-state index in [4.69, 9.17) is 39.5 Å². The van der Waals surface area contributed by atoms with Gasteiger partial charge < -0.3 is 4.74 Å². The smallest absolute Gasteiger partial charge is 0.313 e. The molecule has 0 aliphatic carbocycles. The van der Waals surface area contributed by atoms with E-state index in [1.807, 2.05) is 0 Å². The quantitative estimate of drug-likeness (QED) is 0.457. The number of aromatic nitrogens is 1. The van der Waals surface area contributed by atoms with Gasteiger partial charge in [0.15, 0.2) is 0 Å². The number of ether oxygens (including phenoxy) is 1. The number of hydrogen-bond acceptors (Lipinski definition) is 4. The standard InChI is InChI=1S/C12H7Cl3N2O3/c13-4-7-1-8(6-16-5-7)20-12-3-10(15)9(14)2-11(12)17(18)19/h1-3,5-6H,4H2. The van der Waals surface area contributed by atoms with Gasteiger partial charge in [-0.15, -0.1) is 11.6 Å². The molecule has 1 heterocycles. The molecular formula is C12H7Cl3N2O3. The van der Waals surface area contributed by atoms with Crippen molar-refractivity contribution in [3.8, 4) is 11.5 Å². The second-order valence-electron chi connectivity index (χ2n) is 3.76. The summed E-state index contributed by atoms with van der Waals surface area (Å²) in [6.07, 6.45) is 2.99. The summed E-state index contributed by atoms with van der Waals surface area (Å²) >= 11 is 17.3. The Balaban J connectivity index is 2.41. The van der Waals surface area contributed by atoms with Crippen molar-refractivity contribution in [2.24, 2.45) is 0 Å². The van der Waals surface area contributed by atoms with Crippen LogP contribution in [0.1, 0.15) is 5.56 Å². The van der Waals surface area contributed by atoms with Crippen LogP contribution < -0.4 is 4.74 Å². The maximum atomic E-state index is 11.0. The van der Waals surface area contributed by atoms with Crippen molar-refractivity contribution >= 4 is 40.5 Å². The molecule has 8 heteroatoms. The summed E-state index contributed by atoms with van der Waals surface area (Å²) in [4.78, 5) is 14.3. The van der Waals surface area contributed by atoms with Crippen LogP contribution in [0.25, 0.3) is 0 Å². The third-order valence-electron chi connectivity index (χ3n) is 2.35. The largest absolute Gasteiger partial charge is 0.448 e. The number of rotatable bonds is 4. The average Bonchev–Trinajstić information content (AvgIpc) is 2.42. The van der Waals surface area contributed by atoms with Crippen LogP contribution in [0.5, 0.6) is 11.5 Å². The fourth-order valence-electron chi connectivity index (χ4n) is 1.46. The van der Waals surface area contributed by atoms with E-state index in [0.29, 0.717) is 5.75 Å². The lowest BCUT2D eigenvalue weighted by atomic mass is 10.3. The molecule has 5 nitrogen and oxygen atoms in total. The van der Waals surface area contributed by atoms with E-state index in [9.17, 15) is 10.1 Å². The van der Waals surface area contributed by atoms with Crippen molar-refractivity contribution in [3.63, 3.8) is 0 Å². The van der Waals surface area contributed by atoms with Gasteiger partial charge in [0.1, 0.15) is 5.75 Å². The minimum atomic E-state index is -0.601. The second kappa shape index (κ2) is 6.26. The zero-order valence-corrected chi connectivity index (χ0v) is 12.1. The lowest BCUT2D eigenvalue weighted by Crippen LogP contribution is -1.95. The second-order valence-corrected chi connectivity index (χ2v) is 4.84. The summed E-state index contributed by atoms with van der Waals surface area (Å²) in [5, 5.41) is 11.2. The highest BCUT2D eigenvalue weighted by atomic mass is 35.5. The van der Waals surface area contributed by atoms with Crippen molar-refractivity contribution < 1.29 is 9.66 Å². The predicted octanol–water partition coefficient (Wildman–Crippen LogP) is 4.83. The fraction of sp³-hybridized carbons (Fsp3) is 0.0833. The Hall–Kier alpha value is -1.56. The SMILES string of the molecule is O=[N+]([O-])c1cc(Cl)c(Cl)cc1Oc1cncc(CCl)c1. The summed E-state index contributed by atoms with van der Waals surface area (Å²) < 4.78 is 5.44. The Kier molecular flexibility index (Phi) is 4.65. The molecule has 0 amide bonds. The average molecular weight is 334 g/mol. The molecule has 1 aromatic carbocycles. The highest BCUT2D eigenvalue weighted by Crippen LogP contribution is 2.38. The number of pyridine rings is 1. The van der Waals surface area contributed by atoms with Gasteiger partial charge in [0, 0.05) is 24.2 Å². The van der Waals surface area contributed by atoms with Gasteiger partial charge in [-0.05, 0) is 11.6 Å². The molecule has 0 unspecified atom stereocenters. The first-order valence-corrected chi connectivity index (χ1v) is 6.61. The van der Waals surface area contributed by atoms with Gasteiger partial charge >= 0.3 is 5.69 Å². The first kappa shape index (κ1) is 14.8. The van der Waals surface area contributed by atoms with E-state index in [-0.39, 0.29) is 27.4 Å². The Morgan fingerprint density at radius 3 is 2.55 bits per heavy atom. The minimum Gasteiger partial charge on any atom is -0.448 e. The van der Waals surface area contributed by atoms with Gasteiger partial charge in [-0.3, -0.25) is 15.1 Å². The predicted molar refractivity (Wildman–Crippen MR) is 77.0 cm³/mol. The van der Waals surface area contributed by atoms with Gasteiger partial charge in [0.25, 0.3) is 0 Å².